The zero-order valence-corrected chi connectivity index (χ0v) is 11.9. The van der Waals surface area contributed by atoms with E-state index in [9.17, 15) is 4.79 Å². The van der Waals surface area contributed by atoms with Crippen LogP contribution in [0.5, 0.6) is 0 Å². The molecular formula is C13H10BrClN2O. The van der Waals surface area contributed by atoms with Crippen molar-refractivity contribution in [3.05, 3.63) is 57.3 Å². The molecule has 5 heteroatoms. The third-order valence-corrected chi connectivity index (χ3v) is 3.32. The number of aryl methyl sites for hydroxylation is 1. The molecule has 1 amide bonds. The van der Waals surface area contributed by atoms with E-state index in [1.165, 1.54) is 0 Å². The molecule has 0 aliphatic rings. The second-order valence-electron chi connectivity index (χ2n) is 3.71. The molecule has 1 aromatic carbocycles. The third kappa shape index (κ3) is 2.89. The molecule has 0 radical (unpaired) electrons. The van der Waals surface area contributed by atoms with Gasteiger partial charge in [0.05, 0.1) is 16.9 Å². The van der Waals surface area contributed by atoms with Gasteiger partial charge in [-0.3, -0.25) is 9.78 Å². The van der Waals surface area contributed by atoms with Gasteiger partial charge in [-0.05, 0) is 53.2 Å². The summed E-state index contributed by atoms with van der Waals surface area (Å²) in [6.07, 6.45) is 1.68. The number of hydrogen-bond acceptors (Lipinski definition) is 2. The predicted octanol–water partition coefficient (Wildman–Crippen LogP) is 4.06. The van der Waals surface area contributed by atoms with Gasteiger partial charge in [0.15, 0.2) is 0 Å². The van der Waals surface area contributed by atoms with E-state index in [0.717, 1.165) is 5.69 Å². The first-order chi connectivity index (χ1) is 8.58. The molecule has 1 N–H and O–H groups in total. The number of anilines is 1. The molecular weight excluding hydrogens is 316 g/mol. The monoisotopic (exact) mass is 324 g/mol. The van der Waals surface area contributed by atoms with Crippen molar-refractivity contribution < 1.29 is 4.79 Å². The van der Waals surface area contributed by atoms with Gasteiger partial charge < -0.3 is 5.32 Å². The molecule has 1 aromatic heterocycles. The first-order valence-electron chi connectivity index (χ1n) is 5.26. The number of rotatable bonds is 2. The SMILES string of the molecule is Cc1ncccc1NC(=O)c1ccc(Cl)cc1Br. The van der Waals surface area contributed by atoms with Crippen LogP contribution in [0, 0.1) is 6.92 Å². The molecule has 0 spiro atoms. The average molecular weight is 326 g/mol. The highest BCUT2D eigenvalue weighted by Gasteiger charge is 2.11. The molecule has 0 bridgehead atoms. The van der Waals surface area contributed by atoms with Crippen molar-refractivity contribution in [1.82, 2.24) is 4.98 Å². The minimum Gasteiger partial charge on any atom is -0.320 e. The fourth-order valence-corrected chi connectivity index (χ4v) is 2.34. The van der Waals surface area contributed by atoms with E-state index in [-0.39, 0.29) is 5.91 Å². The maximum Gasteiger partial charge on any atom is 0.256 e. The zero-order valence-electron chi connectivity index (χ0n) is 9.58. The van der Waals surface area contributed by atoms with E-state index in [0.29, 0.717) is 20.7 Å². The lowest BCUT2D eigenvalue weighted by molar-refractivity contribution is 0.102. The lowest BCUT2D eigenvalue weighted by Gasteiger charge is -2.08. The second kappa shape index (κ2) is 5.50. The summed E-state index contributed by atoms with van der Waals surface area (Å²) < 4.78 is 0.661. The summed E-state index contributed by atoms with van der Waals surface area (Å²) in [5.74, 6) is -0.199. The molecule has 18 heavy (non-hydrogen) atoms. The van der Waals surface area contributed by atoms with Crippen LogP contribution >= 0.6 is 27.5 Å². The number of halogens is 2. The maximum absolute atomic E-state index is 12.1. The van der Waals surface area contributed by atoms with Gasteiger partial charge >= 0.3 is 0 Å². The van der Waals surface area contributed by atoms with E-state index in [4.69, 9.17) is 11.6 Å². The molecule has 0 saturated carbocycles. The van der Waals surface area contributed by atoms with Crippen molar-refractivity contribution in [3.8, 4) is 0 Å². The van der Waals surface area contributed by atoms with Gasteiger partial charge in [0, 0.05) is 15.7 Å². The van der Waals surface area contributed by atoms with E-state index >= 15 is 0 Å². The summed E-state index contributed by atoms with van der Waals surface area (Å²) in [7, 11) is 0. The molecule has 0 aliphatic heterocycles. The molecule has 2 rings (SSSR count). The molecule has 92 valence electrons. The molecule has 0 unspecified atom stereocenters. The molecule has 0 aliphatic carbocycles. The Hall–Kier alpha value is -1.39. The Balaban J connectivity index is 2.25. The number of amides is 1. The van der Waals surface area contributed by atoms with Crippen LogP contribution in [0.25, 0.3) is 0 Å². The van der Waals surface area contributed by atoms with Crippen LogP contribution in [-0.4, -0.2) is 10.9 Å². The Kier molecular flexibility index (Phi) is 3.99. The van der Waals surface area contributed by atoms with E-state index in [2.05, 4.69) is 26.2 Å². The van der Waals surface area contributed by atoms with Crippen molar-refractivity contribution in [2.75, 3.05) is 5.32 Å². The highest BCUT2D eigenvalue weighted by molar-refractivity contribution is 9.10. The van der Waals surface area contributed by atoms with Crippen molar-refractivity contribution in [1.29, 1.82) is 0 Å². The standard InChI is InChI=1S/C13H10BrClN2O/c1-8-12(3-2-6-16-8)17-13(18)10-5-4-9(15)7-11(10)14/h2-7H,1H3,(H,17,18). The number of hydrogen-bond donors (Lipinski definition) is 1. The van der Waals surface area contributed by atoms with Crippen LogP contribution in [0.3, 0.4) is 0 Å². The van der Waals surface area contributed by atoms with Crippen LogP contribution in [-0.2, 0) is 0 Å². The average Bonchev–Trinajstić information content (AvgIpc) is 2.32. The van der Waals surface area contributed by atoms with Gasteiger partial charge in [-0.15, -0.1) is 0 Å². The van der Waals surface area contributed by atoms with E-state index < -0.39 is 0 Å². The number of aromatic nitrogens is 1. The lowest BCUT2D eigenvalue weighted by Crippen LogP contribution is -2.13. The summed E-state index contributed by atoms with van der Waals surface area (Å²) in [6, 6.07) is 8.63. The zero-order chi connectivity index (χ0) is 13.1. The Morgan fingerprint density at radius 3 is 2.83 bits per heavy atom. The highest BCUT2D eigenvalue weighted by atomic mass is 79.9. The Bertz CT molecular complexity index is 601. The van der Waals surface area contributed by atoms with Crippen molar-refractivity contribution >= 4 is 39.1 Å². The normalized spacial score (nSPS) is 10.2. The Morgan fingerprint density at radius 1 is 1.39 bits per heavy atom. The fraction of sp³-hybridized carbons (Fsp3) is 0.0769. The van der Waals surface area contributed by atoms with Crippen molar-refractivity contribution in [2.24, 2.45) is 0 Å². The van der Waals surface area contributed by atoms with Gasteiger partial charge in [0.1, 0.15) is 0 Å². The van der Waals surface area contributed by atoms with Gasteiger partial charge in [0.25, 0.3) is 5.91 Å². The smallest absolute Gasteiger partial charge is 0.256 e. The summed E-state index contributed by atoms with van der Waals surface area (Å²) >= 11 is 9.15. The van der Waals surface area contributed by atoms with Crippen molar-refractivity contribution in [3.63, 3.8) is 0 Å². The van der Waals surface area contributed by atoms with Crippen LogP contribution in [0.4, 0.5) is 5.69 Å². The molecule has 3 nitrogen and oxygen atoms in total. The number of benzene rings is 1. The topological polar surface area (TPSA) is 42.0 Å². The van der Waals surface area contributed by atoms with Crippen LogP contribution in [0.2, 0.25) is 5.02 Å². The Labute approximate surface area is 118 Å². The molecule has 2 aromatic rings. The maximum atomic E-state index is 12.1. The number of carbonyl (C=O) groups excluding carboxylic acids is 1. The second-order valence-corrected chi connectivity index (χ2v) is 5.01. The quantitative estimate of drug-likeness (QED) is 0.905. The van der Waals surface area contributed by atoms with Gasteiger partial charge in [-0.25, -0.2) is 0 Å². The lowest BCUT2D eigenvalue weighted by atomic mass is 10.2. The largest absolute Gasteiger partial charge is 0.320 e. The van der Waals surface area contributed by atoms with Gasteiger partial charge in [0.2, 0.25) is 0 Å². The molecule has 0 saturated heterocycles. The van der Waals surface area contributed by atoms with Crippen LogP contribution < -0.4 is 5.32 Å². The van der Waals surface area contributed by atoms with E-state index in [1.807, 2.05) is 13.0 Å². The van der Waals surface area contributed by atoms with Crippen LogP contribution in [0.1, 0.15) is 16.1 Å². The number of nitrogens with one attached hydrogen (secondary N) is 1. The summed E-state index contributed by atoms with van der Waals surface area (Å²) in [5.41, 5.74) is 2.00. The minimum atomic E-state index is -0.199. The number of pyridine rings is 1. The summed E-state index contributed by atoms with van der Waals surface area (Å²) in [5, 5.41) is 3.39. The van der Waals surface area contributed by atoms with Crippen LogP contribution in [0.15, 0.2) is 41.0 Å². The number of nitrogens with zero attached hydrogens (tertiary/aromatic N) is 1. The summed E-state index contributed by atoms with van der Waals surface area (Å²) in [6.45, 7) is 1.84. The van der Waals surface area contributed by atoms with Gasteiger partial charge in [-0.2, -0.15) is 0 Å². The molecule has 1 heterocycles. The van der Waals surface area contributed by atoms with Crippen molar-refractivity contribution in [2.45, 2.75) is 6.92 Å². The first kappa shape index (κ1) is 13.1. The minimum absolute atomic E-state index is 0.199. The fourth-order valence-electron chi connectivity index (χ4n) is 1.48. The first-order valence-corrected chi connectivity index (χ1v) is 6.43. The molecule has 0 atom stereocenters. The van der Waals surface area contributed by atoms with Gasteiger partial charge in [-0.1, -0.05) is 11.6 Å². The third-order valence-electron chi connectivity index (χ3n) is 2.43. The van der Waals surface area contributed by atoms with E-state index in [1.54, 1.807) is 30.5 Å². The molecule has 0 fully saturated rings. The Morgan fingerprint density at radius 2 is 2.17 bits per heavy atom. The number of carbonyl (C=O) groups is 1. The highest BCUT2D eigenvalue weighted by Crippen LogP contribution is 2.23. The predicted molar refractivity (Wildman–Crippen MR) is 76.1 cm³/mol. The summed E-state index contributed by atoms with van der Waals surface area (Å²) in [4.78, 5) is 16.2.